The first-order valence-corrected chi connectivity index (χ1v) is 7.51. The third-order valence-electron chi connectivity index (χ3n) is 3.82. The fraction of sp³-hybridized carbons (Fsp3) is 0.412. The van der Waals surface area contributed by atoms with E-state index in [0.29, 0.717) is 18.8 Å². The first kappa shape index (κ1) is 17.9. The summed E-state index contributed by atoms with van der Waals surface area (Å²) in [7, 11) is 0. The second kappa shape index (κ2) is 7.86. The maximum absolute atomic E-state index is 12.1. The van der Waals surface area contributed by atoms with Gasteiger partial charge in [-0.15, -0.1) is 13.2 Å². The van der Waals surface area contributed by atoms with Gasteiger partial charge in [-0.3, -0.25) is 4.79 Å². The van der Waals surface area contributed by atoms with Crippen molar-refractivity contribution < 1.29 is 27.4 Å². The van der Waals surface area contributed by atoms with Crippen LogP contribution in [-0.2, 0) is 4.79 Å². The Morgan fingerprint density at radius 2 is 1.71 bits per heavy atom. The summed E-state index contributed by atoms with van der Waals surface area (Å²) < 4.78 is 45.2. The van der Waals surface area contributed by atoms with E-state index in [2.05, 4.69) is 4.74 Å². The Hall–Kier alpha value is -2.49. The average Bonchev–Trinajstić information content (AvgIpc) is 2.54. The molecule has 1 fully saturated rings. The quantitative estimate of drug-likeness (QED) is 0.464. The maximum Gasteiger partial charge on any atom is 0.573 e. The predicted molar refractivity (Wildman–Crippen MR) is 79.0 cm³/mol. The zero-order valence-corrected chi connectivity index (χ0v) is 12.8. The molecule has 0 spiro atoms. The first-order chi connectivity index (χ1) is 11.4. The van der Waals surface area contributed by atoms with Crippen molar-refractivity contribution in [3.63, 3.8) is 0 Å². The molecule has 128 valence electrons. The molecular formula is C17H16F3NO3. The molecule has 1 aromatic carbocycles. The van der Waals surface area contributed by atoms with Crippen LogP contribution in [0.3, 0.4) is 0 Å². The number of rotatable bonds is 4. The SMILES string of the molecule is N#CC=CC1CCC(C(=O)Oc2ccc(OC(F)(F)F)cc2)CC1. The number of carbonyl (C=O) groups is 1. The van der Waals surface area contributed by atoms with Gasteiger partial charge in [0.2, 0.25) is 0 Å². The lowest BCUT2D eigenvalue weighted by Gasteiger charge is -2.25. The molecule has 4 nitrogen and oxygen atoms in total. The number of allylic oxidation sites excluding steroid dienone is 2. The van der Waals surface area contributed by atoms with Crippen molar-refractivity contribution in [2.45, 2.75) is 32.0 Å². The molecular weight excluding hydrogens is 323 g/mol. The molecule has 0 aromatic heterocycles. The molecule has 0 atom stereocenters. The average molecular weight is 339 g/mol. The molecule has 1 aromatic rings. The number of ether oxygens (including phenoxy) is 2. The van der Waals surface area contributed by atoms with E-state index in [-0.39, 0.29) is 23.4 Å². The van der Waals surface area contributed by atoms with Crippen molar-refractivity contribution in [2.24, 2.45) is 11.8 Å². The van der Waals surface area contributed by atoms with Gasteiger partial charge in [-0.2, -0.15) is 5.26 Å². The molecule has 24 heavy (non-hydrogen) atoms. The van der Waals surface area contributed by atoms with Crippen molar-refractivity contribution in [1.82, 2.24) is 0 Å². The molecule has 1 aliphatic carbocycles. The molecule has 0 heterocycles. The van der Waals surface area contributed by atoms with Gasteiger partial charge in [0, 0.05) is 6.08 Å². The van der Waals surface area contributed by atoms with Crippen LogP contribution in [0.1, 0.15) is 25.7 Å². The van der Waals surface area contributed by atoms with Gasteiger partial charge < -0.3 is 9.47 Å². The smallest absolute Gasteiger partial charge is 0.426 e. The molecule has 0 unspecified atom stereocenters. The van der Waals surface area contributed by atoms with Crippen LogP contribution in [0.15, 0.2) is 36.4 Å². The minimum Gasteiger partial charge on any atom is -0.426 e. The molecule has 1 aliphatic rings. The van der Waals surface area contributed by atoms with Crippen molar-refractivity contribution in [3.05, 3.63) is 36.4 Å². The van der Waals surface area contributed by atoms with Gasteiger partial charge in [0.05, 0.1) is 12.0 Å². The van der Waals surface area contributed by atoms with Crippen LogP contribution in [0.2, 0.25) is 0 Å². The summed E-state index contributed by atoms with van der Waals surface area (Å²) in [6.07, 6.45) is 1.47. The van der Waals surface area contributed by atoms with Crippen LogP contribution in [0, 0.1) is 23.2 Å². The highest BCUT2D eigenvalue weighted by atomic mass is 19.4. The monoisotopic (exact) mass is 339 g/mol. The predicted octanol–water partition coefficient (Wildman–Crippen LogP) is 4.38. The topological polar surface area (TPSA) is 59.3 Å². The summed E-state index contributed by atoms with van der Waals surface area (Å²) in [5.41, 5.74) is 0. The lowest BCUT2D eigenvalue weighted by molar-refractivity contribution is -0.274. The highest BCUT2D eigenvalue weighted by Crippen LogP contribution is 2.31. The van der Waals surface area contributed by atoms with Crippen molar-refractivity contribution in [3.8, 4) is 17.6 Å². The normalized spacial score (nSPS) is 21.2. The zero-order chi connectivity index (χ0) is 17.6. The van der Waals surface area contributed by atoms with Gasteiger partial charge in [-0.1, -0.05) is 6.08 Å². The van der Waals surface area contributed by atoms with E-state index in [1.165, 1.54) is 18.2 Å². The van der Waals surface area contributed by atoms with Gasteiger partial charge >= 0.3 is 12.3 Å². The van der Waals surface area contributed by atoms with Crippen LogP contribution < -0.4 is 9.47 Å². The Kier molecular flexibility index (Phi) is 5.85. The number of alkyl halides is 3. The molecule has 0 saturated heterocycles. The van der Waals surface area contributed by atoms with E-state index in [1.54, 1.807) is 0 Å². The number of nitrogens with zero attached hydrogens (tertiary/aromatic N) is 1. The van der Waals surface area contributed by atoms with E-state index in [1.807, 2.05) is 12.1 Å². The van der Waals surface area contributed by atoms with Gasteiger partial charge in [-0.25, -0.2) is 0 Å². The molecule has 0 aliphatic heterocycles. The number of benzene rings is 1. The van der Waals surface area contributed by atoms with Gasteiger partial charge in [0.25, 0.3) is 0 Å². The van der Waals surface area contributed by atoms with Crippen LogP contribution in [0.4, 0.5) is 13.2 Å². The Morgan fingerprint density at radius 3 is 2.25 bits per heavy atom. The van der Waals surface area contributed by atoms with E-state index < -0.39 is 6.36 Å². The standard InChI is InChI=1S/C17H16F3NO3/c18-17(19,20)24-15-9-7-14(8-10-15)23-16(22)13-5-3-12(4-6-13)2-1-11-21/h1-2,7-10,12-13H,3-6H2. The Bertz CT molecular complexity index is 624. The van der Waals surface area contributed by atoms with Crippen molar-refractivity contribution in [2.75, 3.05) is 0 Å². The Labute approximate surface area is 137 Å². The fourth-order valence-electron chi connectivity index (χ4n) is 2.64. The van der Waals surface area contributed by atoms with E-state index in [4.69, 9.17) is 10.00 Å². The number of nitriles is 1. The molecule has 0 amide bonds. The number of hydrogen-bond donors (Lipinski definition) is 0. The highest BCUT2D eigenvalue weighted by Gasteiger charge is 2.31. The minimum absolute atomic E-state index is 0.182. The number of halogens is 3. The summed E-state index contributed by atoms with van der Waals surface area (Å²) in [6, 6.07) is 6.67. The van der Waals surface area contributed by atoms with Crippen LogP contribution >= 0.6 is 0 Å². The van der Waals surface area contributed by atoms with Crippen LogP contribution in [-0.4, -0.2) is 12.3 Å². The summed E-state index contributed by atoms with van der Waals surface area (Å²) in [6.45, 7) is 0. The molecule has 1 saturated carbocycles. The number of carbonyl (C=O) groups excluding carboxylic acids is 1. The second-order valence-corrected chi connectivity index (χ2v) is 5.54. The summed E-state index contributed by atoms with van der Waals surface area (Å²) in [5.74, 6) is -0.509. The maximum atomic E-state index is 12.1. The Morgan fingerprint density at radius 1 is 1.12 bits per heavy atom. The molecule has 2 rings (SSSR count). The second-order valence-electron chi connectivity index (χ2n) is 5.54. The Balaban J connectivity index is 1.85. The lowest BCUT2D eigenvalue weighted by atomic mass is 9.82. The number of hydrogen-bond acceptors (Lipinski definition) is 4. The third-order valence-corrected chi connectivity index (χ3v) is 3.82. The molecule has 0 N–H and O–H groups in total. The highest BCUT2D eigenvalue weighted by molar-refractivity contribution is 5.75. The van der Waals surface area contributed by atoms with Gasteiger partial charge in [-0.05, 0) is 55.9 Å². The summed E-state index contributed by atoms with van der Waals surface area (Å²) in [5, 5.41) is 8.50. The third kappa shape index (κ3) is 5.61. The largest absolute Gasteiger partial charge is 0.573 e. The summed E-state index contributed by atoms with van der Waals surface area (Å²) in [4.78, 5) is 12.1. The van der Waals surface area contributed by atoms with Crippen LogP contribution in [0.5, 0.6) is 11.5 Å². The van der Waals surface area contributed by atoms with E-state index >= 15 is 0 Å². The van der Waals surface area contributed by atoms with E-state index in [0.717, 1.165) is 25.0 Å². The molecule has 7 heteroatoms. The lowest BCUT2D eigenvalue weighted by Crippen LogP contribution is -2.25. The minimum atomic E-state index is -4.75. The van der Waals surface area contributed by atoms with Gasteiger partial charge in [0.15, 0.2) is 0 Å². The van der Waals surface area contributed by atoms with Gasteiger partial charge in [0.1, 0.15) is 11.5 Å². The van der Waals surface area contributed by atoms with Crippen molar-refractivity contribution >= 4 is 5.97 Å². The zero-order valence-electron chi connectivity index (χ0n) is 12.8. The number of esters is 1. The fourth-order valence-corrected chi connectivity index (χ4v) is 2.64. The first-order valence-electron chi connectivity index (χ1n) is 7.51. The summed E-state index contributed by atoms with van der Waals surface area (Å²) >= 11 is 0. The van der Waals surface area contributed by atoms with E-state index in [9.17, 15) is 18.0 Å². The molecule has 0 radical (unpaired) electrons. The van der Waals surface area contributed by atoms with Crippen molar-refractivity contribution in [1.29, 1.82) is 5.26 Å². The van der Waals surface area contributed by atoms with Crippen LogP contribution in [0.25, 0.3) is 0 Å². The molecule has 0 bridgehead atoms.